The fourth-order valence-corrected chi connectivity index (χ4v) is 4.59. The number of rotatable bonds is 10. The summed E-state index contributed by atoms with van der Waals surface area (Å²) in [6.07, 6.45) is 6.58. The number of hydroxylamine groups is 1. The monoisotopic (exact) mass is 489 g/mol. The number of amides is 2. The number of aromatic nitrogens is 1. The van der Waals surface area contributed by atoms with Crippen molar-refractivity contribution in [1.82, 2.24) is 25.2 Å². The van der Waals surface area contributed by atoms with Crippen LogP contribution in [0, 0.1) is 0 Å². The Morgan fingerprint density at radius 1 is 1.06 bits per heavy atom. The molecule has 0 atom stereocenters. The molecule has 1 aromatic heterocycles. The molecule has 1 saturated heterocycles. The maximum Gasteiger partial charge on any atom is 0.267 e. The molecule has 4 rings (SSSR count). The van der Waals surface area contributed by atoms with Crippen molar-refractivity contribution in [2.45, 2.75) is 12.8 Å². The van der Waals surface area contributed by atoms with Gasteiger partial charge in [-0.1, -0.05) is 30.3 Å². The lowest BCUT2D eigenvalue weighted by atomic mass is 10.1. The summed E-state index contributed by atoms with van der Waals surface area (Å²) in [6.45, 7) is 6.65. The normalized spacial score (nSPS) is 14.9. The molecule has 3 aromatic rings. The molecule has 2 heterocycles. The number of H-pyrrole nitrogens is 1. The molecule has 0 radical (unpaired) electrons. The van der Waals surface area contributed by atoms with Crippen LogP contribution in [0.3, 0.4) is 0 Å². The number of piperazine rings is 1. The summed E-state index contributed by atoms with van der Waals surface area (Å²) in [5, 5.41) is 9.83. The largest absolute Gasteiger partial charge is 0.361 e. The molecule has 0 bridgehead atoms. The predicted octanol–water partition coefficient (Wildman–Crippen LogP) is 3.01. The zero-order valence-corrected chi connectivity index (χ0v) is 20.8. The van der Waals surface area contributed by atoms with Crippen LogP contribution < -0.4 is 5.48 Å². The van der Waals surface area contributed by atoms with Gasteiger partial charge in [0, 0.05) is 68.0 Å². The standard InChI is InChI=1S/C28H35N5O3/c1-31-17-19-32(20-18-31)14-4-15-33(16-13-24-21-29-26-6-3-2-5-25(24)26)28(35)23-10-7-22(8-11-23)9-12-27(34)30-36/h2-3,5-12,21,29,36H,4,13-20H2,1H3,(H,30,34)/b12-9+. The number of carbonyl (C=O) groups excluding carboxylic acids is 2. The lowest BCUT2D eigenvalue weighted by molar-refractivity contribution is -0.124. The van der Waals surface area contributed by atoms with Gasteiger partial charge in [-0.15, -0.1) is 0 Å². The fourth-order valence-electron chi connectivity index (χ4n) is 4.59. The van der Waals surface area contributed by atoms with Crippen LogP contribution in [0.5, 0.6) is 0 Å². The highest BCUT2D eigenvalue weighted by atomic mass is 16.5. The molecule has 1 fully saturated rings. The van der Waals surface area contributed by atoms with Crippen LogP contribution >= 0.6 is 0 Å². The van der Waals surface area contributed by atoms with E-state index in [-0.39, 0.29) is 5.91 Å². The van der Waals surface area contributed by atoms with Crippen molar-refractivity contribution in [3.8, 4) is 0 Å². The minimum absolute atomic E-state index is 0.0110. The Bertz CT molecular complexity index is 1180. The lowest BCUT2D eigenvalue weighted by Crippen LogP contribution is -2.45. The van der Waals surface area contributed by atoms with E-state index in [4.69, 9.17) is 5.21 Å². The van der Waals surface area contributed by atoms with Gasteiger partial charge in [-0.2, -0.15) is 0 Å². The minimum Gasteiger partial charge on any atom is -0.361 e. The molecule has 2 aromatic carbocycles. The Labute approximate surface area is 212 Å². The van der Waals surface area contributed by atoms with Crippen molar-refractivity contribution >= 4 is 28.8 Å². The molecule has 8 heteroatoms. The van der Waals surface area contributed by atoms with E-state index in [1.165, 1.54) is 17.0 Å². The number of hydrogen-bond acceptors (Lipinski definition) is 5. The molecule has 2 amide bonds. The number of likely N-dealkylation sites (N-methyl/N-ethyl adjacent to an activating group) is 1. The highest BCUT2D eigenvalue weighted by Crippen LogP contribution is 2.19. The Balaban J connectivity index is 1.42. The highest BCUT2D eigenvalue weighted by Gasteiger charge is 2.18. The number of para-hydroxylation sites is 1. The van der Waals surface area contributed by atoms with Gasteiger partial charge in [-0.25, -0.2) is 5.48 Å². The third-order valence-electron chi connectivity index (χ3n) is 6.81. The second-order valence-electron chi connectivity index (χ2n) is 9.33. The van der Waals surface area contributed by atoms with Gasteiger partial charge >= 0.3 is 0 Å². The first-order valence-corrected chi connectivity index (χ1v) is 12.5. The van der Waals surface area contributed by atoms with E-state index in [0.717, 1.165) is 56.6 Å². The number of fused-ring (bicyclic) bond motifs is 1. The zero-order chi connectivity index (χ0) is 25.3. The first kappa shape index (κ1) is 25.6. The van der Waals surface area contributed by atoms with Gasteiger partial charge in [0.1, 0.15) is 0 Å². The maximum atomic E-state index is 13.5. The minimum atomic E-state index is -0.598. The van der Waals surface area contributed by atoms with Gasteiger partial charge in [0.2, 0.25) is 0 Å². The van der Waals surface area contributed by atoms with Crippen molar-refractivity contribution in [1.29, 1.82) is 0 Å². The van der Waals surface area contributed by atoms with E-state index in [9.17, 15) is 9.59 Å². The number of nitrogens with one attached hydrogen (secondary N) is 2. The van der Waals surface area contributed by atoms with Gasteiger partial charge in [0.25, 0.3) is 11.8 Å². The van der Waals surface area contributed by atoms with E-state index in [2.05, 4.69) is 34.0 Å². The number of carbonyl (C=O) groups is 2. The van der Waals surface area contributed by atoms with Gasteiger partial charge in [-0.05, 0) is 61.8 Å². The van der Waals surface area contributed by atoms with Crippen molar-refractivity contribution in [2.24, 2.45) is 0 Å². The van der Waals surface area contributed by atoms with Crippen LogP contribution in [0.1, 0.15) is 27.9 Å². The SMILES string of the molecule is CN1CCN(CCCN(CCc2c[nH]c3ccccc23)C(=O)c2ccc(/C=C/C(=O)NO)cc2)CC1. The van der Waals surface area contributed by atoms with Crippen molar-refractivity contribution in [3.63, 3.8) is 0 Å². The van der Waals surface area contributed by atoms with Crippen LogP contribution in [0.2, 0.25) is 0 Å². The molecular formula is C28H35N5O3. The topological polar surface area (TPSA) is 91.9 Å². The van der Waals surface area contributed by atoms with Gasteiger partial charge in [0.05, 0.1) is 0 Å². The summed E-state index contributed by atoms with van der Waals surface area (Å²) in [6, 6.07) is 15.4. The molecule has 0 unspecified atom stereocenters. The van der Waals surface area contributed by atoms with E-state index in [1.54, 1.807) is 35.8 Å². The van der Waals surface area contributed by atoms with E-state index < -0.39 is 5.91 Å². The average Bonchev–Trinajstić information content (AvgIpc) is 3.33. The predicted molar refractivity (Wildman–Crippen MR) is 142 cm³/mol. The fraction of sp³-hybridized carbons (Fsp3) is 0.357. The van der Waals surface area contributed by atoms with E-state index in [0.29, 0.717) is 18.7 Å². The molecule has 0 aliphatic carbocycles. The van der Waals surface area contributed by atoms with E-state index in [1.807, 2.05) is 23.2 Å². The summed E-state index contributed by atoms with van der Waals surface area (Å²) in [4.78, 5) is 34.8. The summed E-state index contributed by atoms with van der Waals surface area (Å²) in [7, 11) is 2.16. The van der Waals surface area contributed by atoms with Gasteiger partial charge in [0.15, 0.2) is 0 Å². The Morgan fingerprint density at radius 3 is 2.56 bits per heavy atom. The molecule has 0 saturated carbocycles. The first-order valence-electron chi connectivity index (χ1n) is 12.5. The van der Waals surface area contributed by atoms with Crippen LogP contribution in [-0.4, -0.2) is 89.6 Å². The summed E-state index contributed by atoms with van der Waals surface area (Å²) in [5.41, 5.74) is 5.29. The van der Waals surface area contributed by atoms with Crippen LogP contribution in [0.15, 0.2) is 60.8 Å². The van der Waals surface area contributed by atoms with Crippen molar-refractivity contribution in [3.05, 3.63) is 77.5 Å². The molecule has 0 spiro atoms. The molecule has 190 valence electrons. The number of aromatic amines is 1. The second-order valence-corrected chi connectivity index (χ2v) is 9.33. The van der Waals surface area contributed by atoms with Crippen LogP contribution in [-0.2, 0) is 11.2 Å². The van der Waals surface area contributed by atoms with Crippen LogP contribution in [0.25, 0.3) is 17.0 Å². The van der Waals surface area contributed by atoms with Crippen molar-refractivity contribution in [2.75, 3.05) is 52.9 Å². The number of nitrogens with zero attached hydrogens (tertiary/aromatic N) is 3. The van der Waals surface area contributed by atoms with Gasteiger partial charge in [-0.3, -0.25) is 14.8 Å². The maximum absolute atomic E-state index is 13.5. The third kappa shape index (κ3) is 6.81. The summed E-state index contributed by atoms with van der Waals surface area (Å²) < 4.78 is 0. The smallest absolute Gasteiger partial charge is 0.267 e. The number of hydrogen-bond donors (Lipinski definition) is 3. The molecular weight excluding hydrogens is 454 g/mol. The van der Waals surface area contributed by atoms with Crippen molar-refractivity contribution < 1.29 is 14.8 Å². The number of benzene rings is 2. The van der Waals surface area contributed by atoms with Gasteiger partial charge < -0.3 is 19.7 Å². The zero-order valence-electron chi connectivity index (χ0n) is 20.8. The molecule has 1 aliphatic heterocycles. The quantitative estimate of drug-likeness (QED) is 0.231. The second kappa shape index (κ2) is 12.5. The highest BCUT2D eigenvalue weighted by molar-refractivity contribution is 5.95. The molecule has 8 nitrogen and oxygen atoms in total. The molecule has 1 aliphatic rings. The third-order valence-corrected chi connectivity index (χ3v) is 6.81. The Morgan fingerprint density at radius 2 is 1.81 bits per heavy atom. The lowest BCUT2D eigenvalue weighted by Gasteiger charge is -2.33. The average molecular weight is 490 g/mol. The van der Waals surface area contributed by atoms with E-state index >= 15 is 0 Å². The molecule has 3 N–H and O–H groups in total. The van der Waals surface area contributed by atoms with Crippen LogP contribution in [0.4, 0.5) is 0 Å². The Kier molecular flexibility index (Phi) is 8.89. The first-order chi connectivity index (χ1) is 17.5. The summed E-state index contributed by atoms with van der Waals surface area (Å²) >= 11 is 0. The molecule has 36 heavy (non-hydrogen) atoms. The Hall–Kier alpha value is -3.46. The summed E-state index contributed by atoms with van der Waals surface area (Å²) in [5.74, 6) is -0.587.